The van der Waals surface area contributed by atoms with E-state index in [0.717, 1.165) is 56.5 Å². The van der Waals surface area contributed by atoms with E-state index in [1.807, 2.05) is 7.05 Å². The molecule has 0 amide bonds. The van der Waals surface area contributed by atoms with Crippen LogP contribution in [0.5, 0.6) is 0 Å². The summed E-state index contributed by atoms with van der Waals surface area (Å²) in [6.07, 6.45) is 12.7. The zero-order chi connectivity index (χ0) is 26.9. The monoisotopic (exact) mass is 522 g/mol. The van der Waals surface area contributed by atoms with Gasteiger partial charge in [0, 0.05) is 44.8 Å². The summed E-state index contributed by atoms with van der Waals surface area (Å²) in [4.78, 5) is 9.70. The number of aliphatic hydroxyl groups is 2. The first-order chi connectivity index (χ1) is 17.6. The zero-order valence-corrected chi connectivity index (χ0v) is 25.3. The molecular formula is C31H62N4O2. The second-order valence-corrected chi connectivity index (χ2v) is 13.8. The molecule has 8 atom stereocenters. The molecule has 0 aliphatic carbocycles. The molecule has 0 spiro atoms. The van der Waals surface area contributed by atoms with Crippen LogP contribution in [0.3, 0.4) is 0 Å². The van der Waals surface area contributed by atoms with Gasteiger partial charge < -0.3 is 29.8 Å². The van der Waals surface area contributed by atoms with Gasteiger partial charge >= 0.3 is 0 Å². The van der Waals surface area contributed by atoms with Crippen LogP contribution in [0.15, 0.2) is 0 Å². The van der Waals surface area contributed by atoms with Crippen LogP contribution in [-0.2, 0) is 0 Å². The predicted molar refractivity (Wildman–Crippen MR) is 156 cm³/mol. The highest BCUT2D eigenvalue weighted by atomic mass is 16.3. The Morgan fingerprint density at radius 3 is 1.35 bits per heavy atom. The second-order valence-electron chi connectivity index (χ2n) is 13.8. The van der Waals surface area contributed by atoms with Crippen LogP contribution < -0.4 is 0 Å². The normalized spacial score (nSPS) is 40.9. The molecule has 0 unspecified atom stereocenters. The summed E-state index contributed by atoms with van der Waals surface area (Å²) in [6.45, 7) is 18.4. The van der Waals surface area contributed by atoms with Gasteiger partial charge in [-0.15, -0.1) is 0 Å². The van der Waals surface area contributed by atoms with Crippen molar-refractivity contribution in [1.29, 1.82) is 0 Å². The average Bonchev–Trinajstić information content (AvgIpc) is 3.51. The van der Waals surface area contributed by atoms with E-state index in [0.29, 0.717) is 11.8 Å². The van der Waals surface area contributed by atoms with Crippen LogP contribution in [-0.4, -0.2) is 121 Å². The summed E-state index contributed by atoms with van der Waals surface area (Å²) >= 11 is 0. The summed E-state index contributed by atoms with van der Waals surface area (Å²) in [5, 5.41) is 18.4. The Balaban J connectivity index is 0.000000138. The van der Waals surface area contributed by atoms with Gasteiger partial charge in [0.15, 0.2) is 0 Å². The molecule has 6 rings (SSSR count). The molecule has 218 valence electrons. The van der Waals surface area contributed by atoms with Gasteiger partial charge in [0.1, 0.15) is 0 Å². The van der Waals surface area contributed by atoms with E-state index >= 15 is 0 Å². The minimum absolute atomic E-state index is 0.0833. The number of likely N-dealkylation sites (N-methyl/N-ethyl adjacent to an activating group) is 2. The molecule has 0 aromatic heterocycles. The molecule has 6 aliphatic rings. The number of fused-ring (bicyclic) bond motifs is 2. The van der Waals surface area contributed by atoms with E-state index < -0.39 is 0 Å². The summed E-state index contributed by atoms with van der Waals surface area (Å²) < 4.78 is 0. The summed E-state index contributed by atoms with van der Waals surface area (Å²) in [7, 11) is 4.09. The van der Waals surface area contributed by atoms with Crippen molar-refractivity contribution in [1.82, 2.24) is 19.6 Å². The summed E-state index contributed by atoms with van der Waals surface area (Å²) in [5.74, 6) is 2.92. The third kappa shape index (κ3) is 10.3. The van der Waals surface area contributed by atoms with Crippen molar-refractivity contribution < 1.29 is 10.2 Å². The Kier molecular flexibility index (Phi) is 13.1. The molecule has 6 aliphatic heterocycles. The number of β-amino-alcohol motifs (C(OH)–C–C–N with tert-alkyl or cyclic N) is 2. The minimum Gasteiger partial charge on any atom is -0.392 e. The number of aliphatic hydroxyl groups excluding tert-OH is 2. The van der Waals surface area contributed by atoms with Crippen molar-refractivity contribution in [3.63, 3.8) is 0 Å². The van der Waals surface area contributed by atoms with Gasteiger partial charge in [-0.05, 0) is 102 Å². The molecule has 37 heavy (non-hydrogen) atoms. The Bertz CT molecular complexity index is 568. The minimum atomic E-state index is -0.0938. The standard InChI is InChI=1S/2C9H17N.C7H15NO.C6H13NO/c2*1-8-6-9-4-2-3-5-10(9)7-8;1-6-3-4-8(2)5-7(6)9;1-5-3-7(2)4-6(5)8/h2*8-9H,2-7H2,1H3;6-7,9H,3-5H2,1-2H3;5-6,8H,3-4H2,1-2H3/t8-,9+;8-,9-;6-,7-;5-,6-/m0111/s1. The molecule has 6 saturated heterocycles. The van der Waals surface area contributed by atoms with Crippen molar-refractivity contribution >= 4 is 0 Å². The first-order valence-electron chi connectivity index (χ1n) is 15.8. The molecule has 6 fully saturated rings. The number of hydrogen-bond acceptors (Lipinski definition) is 6. The van der Waals surface area contributed by atoms with Crippen molar-refractivity contribution in [2.45, 2.75) is 110 Å². The van der Waals surface area contributed by atoms with Crippen LogP contribution in [0.1, 0.15) is 85.5 Å². The summed E-state index contributed by atoms with van der Waals surface area (Å²) in [6, 6.07) is 1.95. The third-order valence-corrected chi connectivity index (χ3v) is 9.82. The molecule has 6 heteroatoms. The molecule has 0 aromatic rings. The van der Waals surface area contributed by atoms with E-state index in [1.165, 1.54) is 77.5 Å². The van der Waals surface area contributed by atoms with E-state index in [-0.39, 0.29) is 12.2 Å². The average molecular weight is 523 g/mol. The molecule has 0 bridgehead atoms. The molecular weight excluding hydrogens is 460 g/mol. The van der Waals surface area contributed by atoms with Crippen LogP contribution in [0, 0.1) is 23.7 Å². The molecule has 0 aromatic carbocycles. The lowest BCUT2D eigenvalue weighted by atomic mass is 9.97. The van der Waals surface area contributed by atoms with Crippen molar-refractivity contribution in [2.24, 2.45) is 23.7 Å². The maximum Gasteiger partial charge on any atom is 0.0704 e. The van der Waals surface area contributed by atoms with Gasteiger partial charge in [-0.1, -0.05) is 40.5 Å². The number of piperidine rings is 3. The highest BCUT2D eigenvalue weighted by Gasteiger charge is 2.31. The van der Waals surface area contributed by atoms with E-state index in [9.17, 15) is 5.11 Å². The fraction of sp³-hybridized carbons (Fsp3) is 1.00. The van der Waals surface area contributed by atoms with E-state index in [2.05, 4.69) is 54.3 Å². The lowest BCUT2D eigenvalue weighted by Gasteiger charge is -2.31. The highest BCUT2D eigenvalue weighted by Crippen LogP contribution is 2.30. The Morgan fingerprint density at radius 2 is 1.00 bits per heavy atom. The predicted octanol–water partition coefficient (Wildman–Crippen LogP) is 4.01. The number of likely N-dealkylation sites (tertiary alicyclic amines) is 2. The lowest BCUT2D eigenvalue weighted by Crippen LogP contribution is -2.40. The lowest BCUT2D eigenvalue weighted by molar-refractivity contribution is 0.0404. The Hall–Kier alpha value is -0.240. The highest BCUT2D eigenvalue weighted by molar-refractivity contribution is 4.86. The molecule has 0 radical (unpaired) electrons. The van der Waals surface area contributed by atoms with Gasteiger partial charge in [0.05, 0.1) is 12.2 Å². The maximum absolute atomic E-state index is 9.31. The topological polar surface area (TPSA) is 53.4 Å². The van der Waals surface area contributed by atoms with Gasteiger partial charge in [0.25, 0.3) is 0 Å². The van der Waals surface area contributed by atoms with Crippen LogP contribution in [0.2, 0.25) is 0 Å². The van der Waals surface area contributed by atoms with Crippen LogP contribution >= 0.6 is 0 Å². The van der Waals surface area contributed by atoms with Crippen molar-refractivity contribution in [3.8, 4) is 0 Å². The van der Waals surface area contributed by atoms with Crippen molar-refractivity contribution in [2.75, 3.05) is 66.5 Å². The van der Waals surface area contributed by atoms with Gasteiger partial charge in [0.2, 0.25) is 0 Å². The first kappa shape index (κ1) is 31.3. The zero-order valence-electron chi connectivity index (χ0n) is 25.3. The molecule has 6 nitrogen and oxygen atoms in total. The maximum atomic E-state index is 9.31. The van der Waals surface area contributed by atoms with Crippen LogP contribution in [0.25, 0.3) is 0 Å². The van der Waals surface area contributed by atoms with Gasteiger partial charge in [-0.3, -0.25) is 0 Å². The van der Waals surface area contributed by atoms with Crippen LogP contribution in [0.4, 0.5) is 0 Å². The molecule has 2 N–H and O–H groups in total. The Labute approximate surface area is 229 Å². The van der Waals surface area contributed by atoms with E-state index in [4.69, 9.17) is 5.11 Å². The van der Waals surface area contributed by atoms with Crippen molar-refractivity contribution in [3.05, 3.63) is 0 Å². The number of rotatable bonds is 0. The summed E-state index contributed by atoms with van der Waals surface area (Å²) in [5.41, 5.74) is 0. The largest absolute Gasteiger partial charge is 0.392 e. The third-order valence-electron chi connectivity index (χ3n) is 9.82. The van der Waals surface area contributed by atoms with Gasteiger partial charge in [-0.25, -0.2) is 0 Å². The van der Waals surface area contributed by atoms with Gasteiger partial charge in [-0.2, -0.15) is 0 Å². The molecule has 0 saturated carbocycles. The number of nitrogens with zero attached hydrogens (tertiary/aromatic N) is 4. The Morgan fingerprint density at radius 1 is 0.514 bits per heavy atom. The second kappa shape index (κ2) is 15.5. The molecule has 6 heterocycles. The SMILES string of the molecule is C[C@@H]1CCN(C)C[C@H]1O.C[C@@H]1CN(C)C[C@H]1O.C[C@@H]1C[C@H]2CCCCN2C1.C[C@H]1C[C@H]2CCCCN2C1. The van der Waals surface area contributed by atoms with E-state index in [1.54, 1.807) is 0 Å². The number of hydrogen-bond donors (Lipinski definition) is 2. The smallest absolute Gasteiger partial charge is 0.0704 e. The quantitative estimate of drug-likeness (QED) is 0.501. The fourth-order valence-corrected chi connectivity index (χ4v) is 7.41. The first-order valence-corrected chi connectivity index (χ1v) is 15.8. The fourth-order valence-electron chi connectivity index (χ4n) is 7.41.